The molecule has 0 saturated heterocycles. The predicted octanol–water partition coefficient (Wildman–Crippen LogP) is 2.69. The van der Waals surface area contributed by atoms with Crippen LogP contribution >= 0.6 is 0 Å². The Hall–Kier alpha value is -3.35. The van der Waals surface area contributed by atoms with Crippen LogP contribution in [0.15, 0.2) is 59.1 Å². The van der Waals surface area contributed by atoms with Crippen LogP contribution < -0.4 is 0 Å². The van der Waals surface area contributed by atoms with Crippen molar-refractivity contribution in [3.05, 3.63) is 60.4 Å². The van der Waals surface area contributed by atoms with E-state index in [1.807, 2.05) is 55.5 Å². The van der Waals surface area contributed by atoms with E-state index in [0.717, 1.165) is 11.4 Å². The van der Waals surface area contributed by atoms with Crippen molar-refractivity contribution in [3.63, 3.8) is 0 Å². The summed E-state index contributed by atoms with van der Waals surface area (Å²) in [6.45, 7) is 1.91. The van der Waals surface area contributed by atoms with Crippen LogP contribution in [0.25, 0.3) is 28.9 Å². The van der Waals surface area contributed by atoms with Crippen LogP contribution in [0.4, 0.5) is 0 Å². The van der Waals surface area contributed by atoms with Gasteiger partial charge in [0.1, 0.15) is 5.69 Å². The maximum atomic E-state index is 5.69. The molecule has 0 atom stereocenters. The van der Waals surface area contributed by atoms with E-state index in [2.05, 4.69) is 25.5 Å². The first-order valence-electron chi connectivity index (χ1n) is 7.06. The highest BCUT2D eigenvalue weighted by atomic mass is 16.4. The SMILES string of the molecule is Cc1c(-c2nnc(-c3ccccn3)o2)nnn1-c1ccccc1. The monoisotopic (exact) mass is 304 g/mol. The van der Waals surface area contributed by atoms with E-state index in [1.165, 1.54) is 0 Å². The molecular weight excluding hydrogens is 292 g/mol. The van der Waals surface area contributed by atoms with Gasteiger partial charge in [0.2, 0.25) is 0 Å². The second-order valence-electron chi connectivity index (χ2n) is 4.90. The zero-order valence-corrected chi connectivity index (χ0v) is 12.3. The van der Waals surface area contributed by atoms with Crippen molar-refractivity contribution in [3.8, 4) is 28.9 Å². The van der Waals surface area contributed by atoms with Gasteiger partial charge in [-0.1, -0.05) is 29.5 Å². The minimum Gasteiger partial charge on any atom is -0.413 e. The molecule has 3 aromatic heterocycles. The summed E-state index contributed by atoms with van der Waals surface area (Å²) in [6, 6.07) is 15.3. The third-order valence-electron chi connectivity index (χ3n) is 3.41. The minimum absolute atomic E-state index is 0.324. The quantitative estimate of drug-likeness (QED) is 0.578. The number of hydrogen-bond donors (Lipinski definition) is 0. The standard InChI is InChI=1S/C16H12N6O/c1-11-14(18-21-22(11)12-7-3-2-4-8-12)16-20-19-15(23-16)13-9-5-6-10-17-13/h2-10H,1H3. The third-order valence-corrected chi connectivity index (χ3v) is 3.41. The molecule has 4 rings (SSSR count). The lowest BCUT2D eigenvalue weighted by Gasteiger charge is -2.01. The van der Waals surface area contributed by atoms with Gasteiger partial charge in [-0.25, -0.2) is 4.68 Å². The van der Waals surface area contributed by atoms with E-state index >= 15 is 0 Å². The molecule has 0 aliphatic rings. The predicted molar refractivity (Wildman–Crippen MR) is 82.6 cm³/mol. The molecule has 0 spiro atoms. The number of rotatable bonds is 3. The van der Waals surface area contributed by atoms with Gasteiger partial charge in [-0.2, -0.15) is 0 Å². The lowest BCUT2D eigenvalue weighted by atomic mass is 10.3. The van der Waals surface area contributed by atoms with Crippen LogP contribution in [0.2, 0.25) is 0 Å². The molecule has 0 saturated carbocycles. The van der Waals surface area contributed by atoms with Gasteiger partial charge in [-0.15, -0.1) is 15.3 Å². The normalized spacial score (nSPS) is 10.8. The van der Waals surface area contributed by atoms with Gasteiger partial charge in [0.05, 0.1) is 11.4 Å². The number of nitrogens with zero attached hydrogens (tertiary/aromatic N) is 6. The van der Waals surface area contributed by atoms with Gasteiger partial charge in [-0.3, -0.25) is 4.98 Å². The molecule has 0 amide bonds. The van der Waals surface area contributed by atoms with Crippen LogP contribution in [0.1, 0.15) is 5.69 Å². The van der Waals surface area contributed by atoms with Crippen LogP contribution in [-0.4, -0.2) is 30.2 Å². The molecule has 0 N–H and O–H groups in total. The lowest BCUT2D eigenvalue weighted by molar-refractivity contribution is 0.579. The molecule has 23 heavy (non-hydrogen) atoms. The van der Waals surface area contributed by atoms with Gasteiger partial charge in [0.15, 0.2) is 5.69 Å². The summed E-state index contributed by atoms with van der Waals surface area (Å²) in [5, 5.41) is 16.4. The summed E-state index contributed by atoms with van der Waals surface area (Å²) in [6.07, 6.45) is 1.68. The minimum atomic E-state index is 0.324. The van der Waals surface area contributed by atoms with E-state index in [-0.39, 0.29) is 0 Å². The van der Waals surface area contributed by atoms with Crippen molar-refractivity contribution in [1.82, 2.24) is 30.2 Å². The maximum absolute atomic E-state index is 5.69. The fraction of sp³-hybridized carbons (Fsp3) is 0.0625. The fourth-order valence-electron chi connectivity index (χ4n) is 2.25. The molecule has 0 radical (unpaired) electrons. The molecule has 0 aliphatic heterocycles. The van der Waals surface area contributed by atoms with E-state index < -0.39 is 0 Å². The highest BCUT2D eigenvalue weighted by molar-refractivity contribution is 5.54. The highest BCUT2D eigenvalue weighted by Gasteiger charge is 2.18. The second-order valence-corrected chi connectivity index (χ2v) is 4.90. The van der Waals surface area contributed by atoms with Crippen LogP contribution in [0.3, 0.4) is 0 Å². The van der Waals surface area contributed by atoms with Gasteiger partial charge < -0.3 is 4.42 Å². The molecule has 0 fully saturated rings. The van der Waals surface area contributed by atoms with Gasteiger partial charge >= 0.3 is 0 Å². The first-order valence-corrected chi connectivity index (χ1v) is 7.06. The van der Waals surface area contributed by atoms with Gasteiger partial charge in [0.25, 0.3) is 11.8 Å². The van der Waals surface area contributed by atoms with E-state index in [9.17, 15) is 0 Å². The van der Waals surface area contributed by atoms with E-state index in [4.69, 9.17) is 4.42 Å². The van der Waals surface area contributed by atoms with Crippen molar-refractivity contribution >= 4 is 0 Å². The molecule has 7 heteroatoms. The van der Waals surface area contributed by atoms with Crippen molar-refractivity contribution < 1.29 is 4.42 Å². The van der Waals surface area contributed by atoms with Crippen LogP contribution in [0, 0.1) is 6.92 Å². The second kappa shape index (κ2) is 5.45. The lowest BCUT2D eigenvalue weighted by Crippen LogP contribution is -1.98. The van der Waals surface area contributed by atoms with Gasteiger partial charge in [-0.05, 0) is 31.2 Å². The molecular formula is C16H12N6O. The smallest absolute Gasteiger partial charge is 0.270 e. The molecule has 7 nitrogen and oxygen atoms in total. The van der Waals surface area contributed by atoms with Crippen LogP contribution in [0.5, 0.6) is 0 Å². The topological polar surface area (TPSA) is 82.5 Å². The summed E-state index contributed by atoms with van der Waals surface area (Å²) >= 11 is 0. The van der Waals surface area contributed by atoms with Gasteiger partial charge in [0, 0.05) is 6.20 Å². The highest BCUT2D eigenvalue weighted by Crippen LogP contribution is 2.24. The summed E-state index contributed by atoms with van der Waals surface area (Å²) < 4.78 is 7.42. The Balaban J connectivity index is 1.73. The Kier molecular flexibility index (Phi) is 3.16. The summed E-state index contributed by atoms with van der Waals surface area (Å²) in [5.41, 5.74) is 2.93. The zero-order valence-electron chi connectivity index (χ0n) is 12.3. The Morgan fingerprint density at radius 3 is 2.43 bits per heavy atom. The van der Waals surface area contributed by atoms with Crippen LogP contribution in [-0.2, 0) is 0 Å². The molecule has 112 valence electrons. The Labute approximate surface area is 131 Å². The van der Waals surface area contributed by atoms with Crippen molar-refractivity contribution in [2.24, 2.45) is 0 Å². The van der Waals surface area contributed by atoms with Crippen molar-refractivity contribution in [2.45, 2.75) is 6.92 Å². The zero-order chi connectivity index (χ0) is 15.6. The molecule has 1 aromatic carbocycles. The third kappa shape index (κ3) is 2.38. The van der Waals surface area contributed by atoms with Crippen molar-refractivity contribution in [1.29, 1.82) is 0 Å². The number of hydrogen-bond acceptors (Lipinski definition) is 6. The number of benzene rings is 1. The Morgan fingerprint density at radius 2 is 1.65 bits per heavy atom. The first-order chi connectivity index (χ1) is 11.3. The number of pyridine rings is 1. The molecule has 4 aromatic rings. The molecule has 3 heterocycles. The average Bonchev–Trinajstić information content (AvgIpc) is 3.23. The number of aromatic nitrogens is 6. The summed E-state index contributed by atoms with van der Waals surface area (Å²) in [4.78, 5) is 4.19. The summed E-state index contributed by atoms with van der Waals surface area (Å²) in [5.74, 6) is 0.680. The average molecular weight is 304 g/mol. The summed E-state index contributed by atoms with van der Waals surface area (Å²) in [7, 11) is 0. The van der Waals surface area contributed by atoms with E-state index in [1.54, 1.807) is 10.9 Å². The molecule has 0 bridgehead atoms. The fourth-order valence-corrected chi connectivity index (χ4v) is 2.25. The molecule has 0 aliphatic carbocycles. The molecule has 0 unspecified atom stereocenters. The Morgan fingerprint density at radius 1 is 0.870 bits per heavy atom. The largest absolute Gasteiger partial charge is 0.413 e. The first kappa shape index (κ1) is 13.3. The van der Waals surface area contributed by atoms with E-state index in [0.29, 0.717) is 23.2 Å². The maximum Gasteiger partial charge on any atom is 0.270 e. The number of para-hydroxylation sites is 1. The van der Waals surface area contributed by atoms with Crippen molar-refractivity contribution in [2.75, 3.05) is 0 Å². The Bertz CT molecular complexity index is 930.